The van der Waals surface area contributed by atoms with Gasteiger partial charge >= 0.3 is 11.9 Å². The Morgan fingerprint density at radius 2 is 1.86 bits per heavy atom. The molecule has 0 aromatic carbocycles. The predicted molar refractivity (Wildman–Crippen MR) is 152 cm³/mol. The van der Waals surface area contributed by atoms with E-state index in [0.717, 1.165) is 19.3 Å². The lowest BCUT2D eigenvalue weighted by atomic mass is 9.83. The van der Waals surface area contributed by atoms with E-state index in [2.05, 4.69) is 10.3 Å². The molecule has 3 aliphatic rings. The summed E-state index contributed by atoms with van der Waals surface area (Å²) in [5.74, 6) is 0.101. The molecule has 2 aliphatic carbocycles. The van der Waals surface area contributed by atoms with Crippen LogP contribution in [0.1, 0.15) is 88.5 Å². The van der Waals surface area contributed by atoms with Gasteiger partial charge < -0.3 is 33.7 Å². The Kier molecular flexibility index (Phi) is 12.2. The number of amides is 1. The topological polar surface area (TPSA) is 132 Å². The van der Waals surface area contributed by atoms with Crippen LogP contribution in [0.3, 0.4) is 0 Å². The minimum Gasteiger partial charge on any atom is -0.493 e. The number of cyclic esters (lactones) is 1. The molecule has 4 rings (SSSR count). The molecule has 11 nitrogen and oxygen atoms in total. The van der Waals surface area contributed by atoms with E-state index in [1.165, 1.54) is 57.9 Å². The number of aromatic nitrogens is 1. The fraction of sp³-hybridized carbons (Fsp3) is 0.742. The van der Waals surface area contributed by atoms with Gasteiger partial charge in [-0.1, -0.05) is 32.1 Å². The smallest absolute Gasteiger partial charge is 0.334 e. The second kappa shape index (κ2) is 16.1. The molecule has 2 heterocycles. The molecule has 1 amide bonds. The summed E-state index contributed by atoms with van der Waals surface area (Å²) in [6.07, 6.45) is 11.4. The van der Waals surface area contributed by atoms with Crippen LogP contribution >= 0.6 is 0 Å². The zero-order valence-corrected chi connectivity index (χ0v) is 25.1. The highest BCUT2D eigenvalue weighted by molar-refractivity contribution is 5.98. The Labute approximate surface area is 248 Å². The lowest BCUT2D eigenvalue weighted by molar-refractivity contribution is -0.161. The normalized spacial score (nSPS) is 25.1. The molecule has 1 aromatic rings. The minimum absolute atomic E-state index is 0.00307. The van der Waals surface area contributed by atoms with E-state index in [-0.39, 0.29) is 29.9 Å². The van der Waals surface area contributed by atoms with Gasteiger partial charge in [0.2, 0.25) is 6.79 Å². The number of hydrogen-bond donors (Lipinski definition) is 1. The van der Waals surface area contributed by atoms with Crippen LogP contribution in [0.4, 0.5) is 0 Å². The fourth-order valence-electron chi connectivity index (χ4n) is 5.94. The first-order valence-corrected chi connectivity index (χ1v) is 15.4. The molecule has 0 bridgehead atoms. The maximum Gasteiger partial charge on any atom is 0.334 e. The molecule has 42 heavy (non-hydrogen) atoms. The number of nitrogens with one attached hydrogen (secondary N) is 1. The first kappa shape index (κ1) is 32.0. The molecule has 1 N–H and O–H groups in total. The van der Waals surface area contributed by atoms with Crippen LogP contribution in [0, 0.1) is 17.8 Å². The van der Waals surface area contributed by atoms with Crippen LogP contribution in [0.5, 0.6) is 11.5 Å². The number of methoxy groups -OCH3 is 1. The lowest BCUT2D eigenvalue weighted by Gasteiger charge is -2.32. The van der Waals surface area contributed by atoms with Crippen LogP contribution in [0.25, 0.3) is 0 Å². The van der Waals surface area contributed by atoms with E-state index in [0.29, 0.717) is 37.4 Å². The van der Waals surface area contributed by atoms with E-state index in [9.17, 15) is 14.4 Å². The van der Waals surface area contributed by atoms with Gasteiger partial charge in [-0.3, -0.25) is 4.79 Å². The van der Waals surface area contributed by atoms with E-state index in [1.54, 1.807) is 6.92 Å². The molecule has 0 spiro atoms. The predicted octanol–water partition coefficient (Wildman–Crippen LogP) is 4.21. The zero-order chi connectivity index (χ0) is 29.9. The third-order valence-corrected chi connectivity index (χ3v) is 8.37. The maximum absolute atomic E-state index is 13.4. The van der Waals surface area contributed by atoms with Crippen LogP contribution in [0.2, 0.25) is 0 Å². The lowest BCUT2D eigenvalue weighted by Crippen LogP contribution is -2.44. The highest BCUT2D eigenvalue weighted by Crippen LogP contribution is 2.37. The van der Waals surface area contributed by atoms with Crippen molar-refractivity contribution in [3.8, 4) is 11.5 Å². The Balaban J connectivity index is 1.43. The summed E-state index contributed by atoms with van der Waals surface area (Å²) >= 11 is 0. The van der Waals surface area contributed by atoms with E-state index in [1.807, 2.05) is 6.92 Å². The van der Waals surface area contributed by atoms with Crippen molar-refractivity contribution in [2.75, 3.05) is 33.7 Å². The van der Waals surface area contributed by atoms with Crippen LogP contribution in [0.15, 0.2) is 12.3 Å². The summed E-state index contributed by atoms with van der Waals surface area (Å²) in [5, 5.41) is 2.80. The standard InChI is InChI=1S/C31H46N2O9/c1-4-38-18-26(34)40-19-41-29-25(37-3)14-15-32-27(29)30(35)33-24-11-7-10-23(16-21-8-5-6-9-21)28(20(2)42-31(24)36)39-17-22-12-13-22/h14-15,20-24,28H,4-13,16-19H2,1-3H3,(H,33,35)/t20-,23+,24-,28-/m0/s1. The van der Waals surface area contributed by atoms with Crippen LogP contribution in [-0.4, -0.2) is 74.8 Å². The van der Waals surface area contributed by atoms with Crippen molar-refractivity contribution in [1.29, 1.82) is 0 Å². The SMILES string of the molecule is CCOCC(=O)OCOc1c(OC)ccnc1C(=O)N[C@H]1CCC[C@H](CC2CCCC2)[C@@H](OCC2CC2)[C@H](C)OC1=O. The van der Waals surface area contributed by atoms with Crippen molar-refractivity contribution in [2.24, 2.45) is 17.8 Å². The molecule has 0 radical (unpaired) electrons. The number of pyridine rings is 1. The average molecular weight is 591 g/mol. The molecular formula is C31H46N2O9. The third-order valence-electron chi connectivity index (χ3n) is 8.37. The quantitative estimate of drug-likeness (QED) is 0.248. The maximum atomic E-state index is 13.4. The van der Waals surface area contributed by atoms with Gasteiger partial charge in [0.05, 0.1) is 13.2 Å². The highest BCUT2D eigenvalue weighted by Gasteiger charge is 2.38. The highest BCUT2D eigenvalue weighted by atomic mass is 16.7. The number of rotatable bonds is 14. The first-order chi connectivity index (χ1) is 20.4. The van der Waals surface area contributed by atoms with Crippen LogP contribution < -0.4 is 14.8 Å². The van der Waals surface area contributed by atoms with Gasteiger partial charge in [0.15, 0.2) is 17.2 Å². The molecule has 1 aromatic heterocycles. The monoisotopic (exact) mass is 590 g/mol. The van der Waals surface area contributed by atoms with Gasteiger partial charge in [-0.25, -0.2) is 14.6 Å². The summed E-state index contributed by atoms with van der Waals surface area (Å²) < 4.78 is 33.4. The number of esters is 2. The molecule has 4 atom stereocenters. The van der Waals surface area contributed by atoms with Gasteiger partial charge in [0, 0.05) is 25.5 Å². The molecule has 234 valence electrons. The number of ether oxygens (including phenoxy) is 6. The molecule has 0 unspecified atom stereocenters. The summed E-state index contributed by atoms with van der Waals surface area (Å²) in [4.78, 5) is 42.7. The van der Waals surface area contributed by atoms with Gasteiger partial charge in [0.1, 0.15) is 18.8 Å². The summed E-state index contributed by atoms with van der Waals surface area (Å²) in [6.45, 7) is 4.06. The number of hydrogen-bond acceptors (Lipinski definition) is 10. The van der Waals surface area contributed by atoms with Crippen molar-refractivity contribution >= 4 is 17.8 Å². The average Bonchev–Trinajstić information content (AvgIpc) is 3.66. The number of carbonyl (C=O) groups excluding carboxylic acids is 3. The van der Waals surface area contributed by atoms with Gasteiger partial charge in [-0.15, -0.1) is 0 Å². The first-order valence-electron chi connectivity index (χ1n) is 15.4. The largest absolute Gasteiger partial charge is 0.493 e. The van der Waals surface area contributed by atoms with E-state index in [4.69, 9.17) is 28.4 Å². The van der Waals surface area contributed by atoms with Gasteiger partial charge in [-0.2, -0.15) is 0 Å². The van der Waals surface area contributed by atoms with Crippen molar-refractivity contribution in [1.82, 2.24) is 10.3 Å². The van der Waals surface area contributed by atoms with Crippen molar-refractivity contribution in [2.45, 2.75) is 96.3 Å². The summed E-state index contributed by atoms with van der Waals surface area (Å²) in [5.41, 5.74) is -0.0966. The Bertz CT molecular complexity index is 1040. The summed E-state index contributed by atoms with van der Waals surface area (Å²) in [6, 6.07) is 0.662. The molecular weight excluding hydrogens is 544 g/mol. The van der Waals surface area contributed by atoms with E-state index >= 15 is 0 Å². The fourth-order valence-corrected chi connectivity index (χ4v) is 5.94. The molecule has 11 heteroatoms. The van der Waals surface area contributed by atoms with E-state index < -0.39 is 36.8 Å². The minimum atomic E-state index is -0.862. The number of carbonyl (C=O) groups is 3. The zero-order valence-electron chi connectivity index (χ0n) is 25.1. The molecule has 3 fully saturated rings. The van der Waals surface area contributed by atoms with Crippen molar-refractivity contribution in [3.63, 3.8) is 0 Å². The number of nitrogens with zero attached hydrogens (tertiary/aromatic N) is 1. The van der Waals surface area contributed by atoms with Crippen LogP contribution in [-0.2, 0) is 28.5 Å². The Hall–Kier alpha value is -2.92. The van der Waals surface area contributed by atoms with Crippen molar-refractivity contribution in [3.05, 3.63) is 18.0 Å². The summed E-state index contributed by atoms with van der Waals surface area (Å²) in [7, 11) is 1.42. The second-order valence-corrected chi connectivity index (χ2v) is 11.6. The Morgan fingerprint density at radius 1 is 1.07 bits per heavy atom. The van der Waals surface area contributed by atoms with Gasteiger partial charge in [0.25, 0.3) is 5.91 Å². The Morgan fingerprint density at radius 3 is 2.57 bits per heavy atom. The molecule has 1 aliphatic heterocycles. The van der Waals surface area contributed by atoms with Gasteiger partial charge in [-0.05, 0) is 63.7 Å². The third kappa shape index (κ3) is 9.29. The molecule has 1 saturated heterocycles. The molecule has 2 saturated carbocycles. The van der Waals surface area contributed by atoms with Crippen molar-refractivity contribution < 1.29 is 42.8 Å². The second-order valence-electron chi connectivity index (χ2n) is 11.6.